The summed E-state index contributed by atoms with van der Waals surface area (Å²) in [6.45, 7) is 4.17. The van der Waals surface area contributed by atoms with E-state index in [2.05, 4.69) is 33.2 Å². The number of aromatic carboxylic acids is 1. The van der Waals surface area contributed by atoms with Gasteiger partial charge in [0.25, 0.3) is 5.91 Å². The van der Waals surface area contributed by atoms with Crippen LogP contribution in [0.25, 0.3) is 10.6 Å². The zero-order valence-corrected chi connectivity index (χ0v) is 20.0. The number of amidine groups is 1. The molecule has 10 heteroatoms. The van der Waals surface area contributed by atoms with Crippen molar-refractivity contribution in [1.82, 2.24) is 15.6 Å². The number of benzene rings is 1. The van der Waals surface area contributed by atoms with E-state index in [9.17, 15) is 19.5 Å². The number of carbonyl (C=O) groups is 3. The smallest absolute Gasteiger partial charge is 0.335 e. The van der Waals surface area contributed by atoms with Crippen LogP contribution in [0.2, 0.25) is 0 Å². The number of hydrogen-bond donors (Lipinski definition) is 4. The fourth-order valence-corrected chi connectivity index (χ4v) is 5.21. The number of hydrogen-bond acceptors (Lipinski definition) is 8. The van der Waals surface area contributed by atoms with Crippen molar-refractivity contribution in [3.63, 3.8) is 0 Å². The number of thiol groups is 1. The predicted molar refractivity (Wildman–Crippen MR) is 131 cm³/mol. The van der Waals surface area contributed by atoms with Gasteiger partial charge in [-0.2, -0.15) is 0 Å². The van der Waals surface area contributed by atoms with E-state index in [4.69, 9.17) is 0 Å². The van der Waals surface area contributed by atoms with Gasteiger partial charge in [0.15, 0.2) is 5.84 Å². The van der Waals surface area contributed by atoms with Crippen LogP contribution < -0.4 is 21.1 Å². The number of aromatic nitrogens is 1. The maximum absolute atomic E-state index is 13.1. The Kier molecular flexibility index (Phi) is 6.66. The zero-order chi connectivity index (χ0) is 23.7. The monoisotopic (exact) mass is 484 g/mol. The summed E-state index contributed by atoms with van der Waals surface area (Å²) in [4.78, 5) is 47.2. The minimum absolute atomic E-state index is 0.0864. The van der Waals surface area contributed by atoms with Crippen molar-refractivity contribution in [2.75, 3.05) is 6.54 Å². The zero-order valence-electron chi connectivity index (χ0n) is 18.3. The minimum Gasteiger partial charge on any atom is -0.478 e. The van der Waals surface area contributed by atoms with Crippen LogP contribution in [0, 0.1) is 6.92 Å². The van der Waals surface area contributed by atoms with Gasteiger partial charge >= 0.3 is 5.97 Å². The third kappa shape index (κ3) is 4.72. The van der Waals surface area contributed by atoms with Crippen LogP contribution in [-0.4, -0.2) is 40.1 Å². The van der Waals surface area contributed by atoms with Gasteiger partial charge in [-0.3, -0.25) is 9.59 Å². The fraction of sp³-hybridized carbons (Fsp3) is 0.348. The fourth-order valence-electron chi connectivity index (χ4n) is 3.98. The molecule has 33 heavy (non-hydrogen) atoms. The van der Waals surface area contributed by atoms with E-state index >= 15 is 0 Å². The first kappa shape index (κ1) is 23.2. The first-order valence-electron chi connectivity index (χ1n) is 10.7. The molecule has 3 N–H and O–H groups in total. The molecule has 1 amide bonds. The lowest BCUT2D eigenvalue weighted by Crippen LogP contribution is -2.40. The van der Waals surface area contributed by atoms with E-state index < -0.39 is 5.97 Å². The number of carbonyl (C=O) groups excluding carboxylic acids is 2. The molecule has 1 aromatic heterocycles. The maximum Gasteiger partial charge on any atom is 0.335 e. The average molecular weight is 485 g/mol. The van der Waals surface area contributed by atoms with Gasteiger partial charge in [0.1, 0.15) is 10.7 Å². The first-order chi connectivity index (χ1) is 15.8. The second-order valence-electron chi connectivity index (χ2n) is 7.89. The number of carboxylic acids is 1. The Labute approximate surface area is 199 Å². The summed E-state index contributed by atoms with van der Waals surface area (Å²) < 4.78 is 0. The van der Waals surface area contributed by atoms with E-state index in [0.717, 1.165) is 10.7 Å². The molecule has 0 saturated carbocycles. The highest BCUT2D eigenvalue weighted by molar-refractivity contribution is 7.90. The molecule has 0 saturated heterocycles. The van der Waals surface area contributed by atoms with Crippen molar-refractivity contribution < 1.29 is 19.5 Å². The summed E-state index contributed by atoms with van der Waals surface area (Å²) in [5.74, 6) is -0.969. The Hall–Kier alpha value is -2.98. The van der Waals surface area contributed by atoms with Gasteiger partial charge in [-0.05, 0) is 48.4 Å². The lowest BCUT2D eigenvalue weighted by Gasteiger charge is -2.11. The number of thiazole rings is 1. The molecule has 0 unspecified atom stereocenters. The van der Waals surface area contributed by atoms with Gasteiger partial charge in [-0.1, -0.05) is 6.92 Å². The number of amides is 1. The highest BCUT2D eigenvalue weighted by atomic mass is 32.1. The first-order valence-corrected chi connectivity index (χ1v) is 12.0. The highest BCUT2D eigenvalue weighted by Crippen LogP contribution is 2.21. The maximum atomic E-state index is 13.1. The molecular weight excluding hydrogens is 460 g/mol. The Morgan fingerprint density at radius 2 is 2.06 bits per heavy atom. The Morgan fingerprint density at radius 3 is 2.79 bits per heavy atom. The van der Waals surface area contributed by atoms with Crippen LogP contribution >= 0.6 is 24.0 Å². The van der Waals surface area contributed by atoms with Crippen LogP contribution in [-0.2, 0) is 11.2 Å². The largest absolute Gasteiger partial charge is 0.478 e. The predicted octanol–water partition coefficient (Wildman–Crippen LogP) is 2.06. The molecule has 0 radical (unpaired) electrons. The normalized spacial score (nSPS) is 17.6. The highest BCUT2D eigenvalue weighted by Gasteiger charge is 2.25. The standard InChI is InChI=1S/C23H24N4O4S2/c1-3-15-20(33-11(2)25-15)22(29)27-21-19-18-14(9-12(23(30)31)10-16(18)26-21)17(32)6-4-5-13(28)7-8-24-19/h9-10,24,32H,3-8H2,1-2H3,(H,30,31)(H,26,27,29)/b17-14-. The molecule has 3 heterocycles. The second-order valence-corrected chi connectivity index (χ2v) is 9.63. The summed E-state index contributed by atoms with van der Waals surface area (Å²) in [5.41, 5.74) is 1.81. The number of aryl methyl sites for hydroxylation is 2. The van der Waals surface area contributed by atoms with Crippen molar-refractivity contribution in [1.29, 1.82) is 0 Å². The molecule has 8 nitrogen and oxygen atoms in total. The topological polar surface area (TPSA) is 121 Å². The quantitative estimate of drug-likeness (QED) is 0.495. The van der Waals surface area contributed by atoms with Crippen molar-refractivity contribution in [3.8, 4) is 0 Å². The molecule has 0 spiro atoms. The molecular formula is C23H24N4O4S2. The Morgan fingerprint density at radius 1 is 1.27 bits per heavy atom. The third-order valence-electron chi connectivity index (χ3n) is 5.55. The van der Waals surface area contributed by atoms with Crippen LogP contribution in [0.1, 0.15) is 63.3 Å². The molecule has 2 aromatic rings. The van der Waals surface area contributed by atoms with Crippen molar-refractivity contribution >= 4 is 63.8 Å². The number of nitrogens with one attached hydrogen (secondary N) is 2. The number of carboxylic acid groups (broad SMARTS) is 1. The Balaban J connectivity index is 1.85. The number of ketones is 1. The summed E-state index contributed by atoms with van der Waals surface area (Å²) >= 11 is 5.97. The van der Waals surface area contributed by atoms with Gasteiger partial charge in [-0.15, -0.1) is 24.0 Å². The summed E-state index contributed by atoms with van der Waals surface area (Å²) in [7, 11) is 0. The molecule has 4 rings (SSSR count). The van der Waals surface area contributed by atoms with E-state index in [1.165, 1.54) is 17.4 Å². The molecule has 2 aliphatic heterocycles. The van der Waals surface area contributed by atoms with Crippen LogP contribution in [0.3, 0.4) is 0 Å². The molecule has 172 valence electrons. The van der Waals surface area contributed by atoms with Gasteiger partial charge < -0.3 is 15.7 Å². The average Bonchev–Trinajstić information content (AvgIpc) is 3.31. The van der Waals surface area contributed by atoms with Crippen molar-refractivity contribution in [3.05, 3.63) is 43.7 Å². The number of nitrogens with zero attached hydrogens (tertiary/aromatic N) is 2. The van der Waals surface area contributed by atoms with E-state index in [1.54, 1.807) is 6.07 Å². The molecule has 0 aliphatic carbocycles. The molecule has 0 bridgehead atoms. The van der Waals surface area contributed by atoms with Gasteiger partial charge in [0.05, 0.1) is 27.6 Å². The lowest BCUT2D eigenvalue weighted by atomic mass is 10.1. The summed E-state index contributed by atoms with van der Waals surface area (Å²) in [6.07, 6.45) is 2.58. The van der Waals surface area contributed by atoms with Crippen molar-refractivity contribution in [2.24, 2.45) is 4.99 Å². The van der Waals surface area contributed by atoms with E-state index in [0.29, 0.717) is 76.1 Å². The number of Topliss-reactive ketones (excluding diaryl/α,β-unsaturated/α-hetero) is 1. The minimum atomic E-state index is -1.07. The molecule has 0 fully saturated rings. The third-order valence-corrected chi connectivity index (χ3v) is 7.02. The van der Waals surface area contributed by atoms with E-state index in [1.807, 2.05) is 13.8 Å². The van der Waals surface area contributed by atoms with Crippen LogP contribution in [0.5, 0.6) is 0 Å². The summed E-state index contributed by atoms with van der Waals surface area (Å²) in [5, 5.41) is 17.9. The lowest BCUT2D eigenvalue weighted by molar-refractivity contribution is -0.119. The van der Waals surface area contributed by atoms with E-state index in [-0.39, 0.29) is 17.3 Å². The number of aliphatic imine (C=N–C) groups is 1. The van der Waals surface area contributed by atoms with Gasteiger partial charge in [0.2, 0.25) is 0 Å². The summed E-state index contributed by atoms with van der Waals surface area (Å²) in [6, 6.07) is 3.06. The SMILES string of the molecule is CCc1nc(C)sc1C(=O)NC1=Nc2cc(C(=O)O)c/c3c2=C1NCCC(=O)CCC/C=3S. The Bertz CT molecular complexity index is 1330. The van der Waals surface area contributed by atoms with Gasteiger partial charge in [0, 0.05) is 24.6 Å². The van der Waals surface area contributed by atoms with Crippen LogP contribution in [0.4, 0.5) is 5.69 Å². The second kappa shape index (κ2) is 9.48. The van der Waals surface area contributed by atoms with Crippen LogP contribution in [0.15, 0.2) is 17.1 Å². The molecule has 0 atom stereocenters. The van der Waals surface area contributed by atoms with Gasteiger partial charge in [-0.25, -0.2) is 14.8 Å². The molecule has 1 aromatic carbocycles. The van der Waals surface area contributed by atoms with Crippen molar-refractivity contribution in [2.45, 2.75) is 46.0 Å². The molecule has 2 aliphatic rings. The number of rotatable bonds is 3.